The van der Waals surface area contributed by atoms with E-state index in [0.29, 0.717) is 0 Å². The van der Waals surface area contributed by atoms with Gasteiger partial charge in [0.05, 0.1) is 11.2 Å². The van der Waals surface area contributed by atoms with Crippen LogP contribution in [0.2, 0.25) is 5.02 Å². The van der Waals surface area contributed by atoms with Gasteiger partial charge in [-0.1, -0.05) is 37.6 Å². The van der Waals surface area contributed by atoms with Crippen molar-refractivity contribution in [2.45, 2.75) is 59.3 Å². The predicted octanol–water partition coefficient (Wildman–Crippen LogP) is 3.90. The van der Waals surface area contributed by atoms with Crippen molar-refractivity contribution in [3.05, 3.63) is 28.8 Å². The third kappa shape index (κ3) is 4.23. The minimum absolute atomic E-state index is 0. The number of benzene rings is 1. The van der Waals surface area contributed by atoms with E-state index < -0.39 is 0 Å². The Morgan fingerprint density at radius 1 is 1.04 bits per heavy atom. The molecule has 6 heteroatoms. The van der Waals surface area contributed by atoms with Crippen LogP contribution >= 0.6 is 24.0 Å². The molecule has 0 spiro atoms. The highest BCUT2D eigenvalue weighted by Crippen LogP contribution is 2.37. The second-order valence-corrected chi connectivity index (χ2v) is 7.26. The summed E-state index contributed by atoms with van der Waals surface area (Å²) in [6.45, 7) is 15.4. The molecule has 0 amide bonds. The molecule has 0 unspecified atom stereocenters. The largest absolute Gasteiger partial charge is 0.495 e. The molecule has 1 heterocycles. The van der Waals surface area contributed by atoms with Crippen LogP contribution in [0.3, 0.4) is 0 Å². The van der Waals surface area contributed by atoms with Gasteiger partial charge in [0.2, 0.25) is 0 Å². The predicted molar refractivity (Wildman–Crippen MR) is 101 cm³/mol. The fourth-order valence-electron chi connectivity index (χ4n) is 2.60. The van der Waals surface area contributed by atoms with E-state index in [9.17, 15) is 0 Å². The molecule has 3 nitrogen and oxygen atoms in total. The van der Waals surface area contributed by atoms with E-state index >= 15 is 0 Å². The Morgan fingerprint density at radius 3 is 2.04 bits per heavy atom. The van der Waals surface area contributed by atoms with E-state index in [1.165, 1.54) is 0 Å². The van der Waals surface area contributed by atoms with Crippen molar-refractivity contribution in [2.75, 3.05) is 13.1 Å². The summed E-state index contributed by atoms with van der Waals surface area (Å²) >= 11 is 6.47. The minimum Gasteiger partial charge on any atom is -0.399 e. The van der Waals surface area contributed by atoms with E-state index in [1.807, 2.05) is 12.1 Å². The fraction of sp³-hybridized carbons (Fsp3) is 0.647. The highest BCUT2D eigenvalue weighted by Gasteiger charge is 2.52. The van der Waals surface area contributed by atoms with Crippen LogP contribution in [0.15, 0.2) is 18.2 Å². The lowest BCUT2D eigenvalue weighted by Crippen LogP contribution is -2.41. The number of halogens is 2. The van der Waals surface area contributed by atoms with Crippen LogP contribution in [-0.4, -0.2) is 36.3 Å². The molecule has 1 aliphatic rings. The van der Waals surface area contributed by atoms with E-state index in [0.717, 1.165) is 35.7 Å². The Labute approximate surface area is 152 Å². The molecular formula is C17H28BCl2NO2. The Kier molecular flexibility index (Phi) is 7.01. The summed E-state index contributed by atoms with van der Waals surface area (Å²) in [7, 11) is -0.366. The molecule has 23 heavy (non-hydrogen) atoms. The van der Waals surface area contributed by atoms with Gasteiger partial charge in [0.25, 0.3) is 0 Å². The number of nitrogens with zero attached hydrogens (tertiary/aromatic N) is 1. The first-order chi connectivity index (χ1) is 10.2. The van der Waals surface area contributed by atoms with Crippen molar-refractivity contribution < 1.29 is 9.31 Å². The molecule has 0 N–H and O–H groups in total. The topological polar surface area (TPSA) is 21.7 Å². The van der Waals surface area contributed by atoms with E-state index in [4.69, 9.17) is 20.9 Å². The summed E-state index contributed by atoms with van der Waals surface area (Å²) in [4.78, 5) is 2.34. The molecule has 1 saturated heterocycles. The molecule has 0 atom stereocenters. The second kappa shape index (κ2) is 7.75. The normalized spacial score (nSPS) is 19.0. The lowest BCUT2D eigenvalue weighted by Gasteiger charge is -2.32. The Hall–Kier alpha value is -0.255. The summed E-state index contributed by atoms with van der Waals surface area (Å²) in [6.07, 6.45) is 0. The first-order valence-electron chi connectivity index (χ1n) is 8.07. The van der Waals surface area contributed by atoms with Crippen LogP contribution in [-0.2, 0) is 15.9 Å². The Balaban J connectivity index is 0.00000264. The molecule has 0 aromatic heterocycles. The summed E-state index contributed by atoms with van der Waals surface area (Å²) in [6, 6.07) is 5.97. The first-order valence-corrected chi connectivity index (χ1v) is 8.45. The number of rotatable bonds is 5. The van der Waals surface area contributed by atoms with Gasteiger partial charge in [0.15, 0.2) is 0 Å². The van der Waals surface area contributed by atoms with Crippen molar-refractivity contribution in [3.63, 3.8) is 0 Å². The number of hydrogen-bond acceptors (Lipinski definition) is 3. The molecular weight excluding hydrogens is 332 g/mol. The third-order valence-electron chi connectivity index (χ3n) is 4.94. The third-order valence-corrected chi connectivity index (χ3v) is 5.29. The van der Waals surface area contributed by atoms with Gasteiger partial charge in [0, 0.05) is 11.6 Å². The SMILES string of the molecule is CCN(CC)Cc1c(Cl)cccc1B1OC(C)(C)C(C)(C)O1.Cl. The summed E-state index contributed by atoms with van der Waals surface area (Å²) in [5, 5.41) is 0.777. The smallest absolute Gasteiger partial charge is 0.399 e. The lowest BCUT2D eigenvalue weighted by atomic mass is 9.75. The van der Waals surface area contributed by atoms with Gasteiger partial charge in [-0.25, -0.2) is 0 Å². The highest BCUT2D eigenvalue weighted by molar-refractivity contribution is 6.63. The molecule has 0 bridgehead atoms. The second-order valence-electron chi connectivity index (χ2n) is 6.86. The van der Waals surface area contributed by atoms with E-state index in [2.05, 4.69) is 52.5 Å². The van der Waals surface area contributed by atoms with Gasteiger partial charge < -0.3 is 9.31 Å². The Morgan fingerprint density at radius 2 is 1.57 bits per heavy atom. The molecule has 1 aromatic carbocycles. The van der Waals surface area contributed by atoms with Crippen LogP contribution in [0.5, 0.6) is 0 Å². The van der Waals surface area contributed by atoms with Crippen molar-refractivity contribution >= 4 is 36.6 Å². The van der Waals surface area contributed by atoms with Crippen LogP contribution in [0, 0.1) is 0 Å². The standard InChI is InChI=1S/C17H27BClNO2.ClH/c1-7-20(8-2)12-13-14(10-9-11-15(13)19)18-21-16(3,4)17(5,6)22-18;/h9-11H,7-8,12H2,1-6H3;1H. The maximum absolute atomic E-state index is 6.47. The Bertz CT molecular complexity index is 517. The molecule has 1 aliphatic heterocycles. The molecule has 0 aliphatic carbocycles. The maximum Gasteiger partial charge on any atom is 0.495 e. The molecule has 0 saturated carbocycles. The van der Waals surface area contributed by atoms with Crippen LogP contribution in [0.25, 0.3) is 0 Å². The van der Waals surface area contributed by atoms with Crippen molar-refractivity contribution in [2.24, 2.45) is 0 Å². The zero-order valence-corrected chi connectivity index (χ0v) is 16.6. The average Bonchev–Trinajstić information content (AvgIpc) is 2.66. The number of hydrogen-bond donors (Lipinski definition) is 0. The fourth-order valence-corrected chi connectivity index (χ4v) is 2.85. The van der Waals surface area contributed by atoms with Gasteiger partial charge in [-0.2, -0.15) is 0 Å². The zero-order valence-electron chi connectivity index (χ0n) is 15.0. The molecule has 0 radical (unpaired) electrons. The van der Waals surface area contributed by atoms with Gasteiger partial charge in [-0.3, -0.25) is 4.90 Å². The molecule has 1 aromatic rings. The quantitative estimate of drug-likeness (QED) is 0.744. The van der Waals surface area contributed by atoms with Crippen LogP contribution < -0.4 is 5.46 Å². The maximum atomic E-state index is 6.47. The average molecular weight is 360 g/mol. The van der Waals surface area contributed by atoms with Crippen molar-refractivity contribution in [1.29, 1.82) is 0 Å². The van der Waals surface area contributed by atoms with E-state index in [-0.39, 0.29) is 30.7 Å². The molecule has 130 valence electrons. The van der Waals surface area contributed by atoms with Gasteiger partial charge in [0.1, 0.15) is 0 Å². The summed E-state index contributed by atoms with van der Waals surface area (Å²) in [5.74, 6) is 0. The summed E-state index contributed by atoms with van der Waals surface area (Å²) in [5.41, 5.74) is 1.46. The minimum atomic E-state index is -0.366. The highest BCUT2D eigenvalue weighted by atomic mass is 35.5. The van der Waals surface area contributed by atoms with Gasteiger partial charge in [-0.05, 0) is 57.9 Å². The van der Waals surface area contributed by atoms with Gasteiger partial charge >= 0.3 is 7.12 Å². The first kappa shape index (κ1) is 20.8. The summed E-state index contributed by atoms with van der Waals surface area (Å²) < 4.78 is 12.4. The van der Waals surface area contributed by atoms with Crippen molar-refractivity contribution in [1.82, 2.24) is 4.90 Å². The van der Waals surface area contributed by atoms with E-state index in [1.54, 1.807) is 0 Å². The monoisotopic (exact) mass is 359 g/mol. The van der Waals surface area contributed by atoms with Crippen LogP contribution in [0.1, 0.15) is 47.1 Å². The van der Waals surface area contributed by atoms with Gasteiger partial charge in [-0.15, -0.1) is 12.4 Å². The van der Waals surface area contributed by atoms with Crippen molar-refractivity contribution in [3.8, 4) is 0 Å². The molecule has 2 rings (SSSR count). The zero-order chi connectivity index (χ0) is 16.5. The molecule has 1 fully saturated rings. The lowest BCUT2D eigenvalue weighted by molar-refractivity contribution is 0.00578. The van der Waals surface area contributed by atoms with Crippen LogP contribution in [0.4, 0.5) is 0 Å².